The van der Waals surface area contributed by atoms with Crippen molar-refractivity contribution in [3.8, 4) is 0 Å². The monoisotopic (exact) mass is 296 g/mol. The molecule has 0 unspecified atom stereocenters. The molecule has 2 aromatic rings. The Kier molecular flexibility index (Phi) is 5.10. The Morgan fingerprint density at radius 3 is 2.36 bits per heavy atom. The summed E-state index contributed by atoms with van der Waals surface area (Å²) in [6.07, 6.45) is 0.681. The molecular weight excluding hydrogens is 276 g/mol. The standard InChI is InChI=1S/C19H20O3/c1-4-22-19(21)17-11-16(10-15-8-6-5-7-9-15)13(2)18(12-17)14(3)20/h5-9,11-12H,4,10H2,1-3H3. The van der Waals surface area contributed by atoms with E-state index in [4.69, 9.17) is 4.74 Å². The van der Waals surface area contributed by atoms with E-state index in [1.165, 1.54) is 6.92 Å². The van der Waals surface area contributed by atoms with Crippen LogP contribution in [0.25, 0.3) is 0 Å². The number of carbonyl (C=O) groups is 2. The maximum atomic E-state index is 12.0. The van der Waals surface area contributed by atoms with Crippen molar-refractivity contribution in [3.05, 3.63) is 70.3 Å². The first-order valence-electron chi connectivity index (χ1n) is 7.38. The van der Waals surface area contributed by atoms with Crippen LogP contribution in [0.5, 0.6) is 0 Å². The number of carbonyl (C=O) groups excluding carboxylic acids is 2. The molecule has 0 aliphatic rings. The second-order valence-corrected chi connectivity index (χ2v) is 5.25. The van der Waals surface area contributed by atoms with Gasteiger partial charge in [-0.05, 0) is 56.0 Å². The first kappa shape index (κ1) is 16.0. The molecule has 114 valence electrons. The fraction of sp³-hybridized carbons (Fsp3) is 0.263. The lowest BCUT2D eigenvalue weighted by Gasteiger charge is -2.13. The number of esters is 1. The molecule has 0 aliphatic heterocycles. The Labute approximate surface area is 130 Å². The SMILES string of the molecule is CCOC(=O)c1cc(Cc2ccccc2)c(C)c(C(C)=O)c1. The van der Waals surface area contributed by atoms with Crippen LogP contribution >= 0.6 is 0 Å². The number of hydrogen-bond acceptors (Lipinski definition) is 3. The van der Waals surface area contributed by atoms with Crippen LogP contribution in [0.2, 0.25) is 0 Å². The van der Waals surface area contributed by atoms with Gasteiger partial charge in [-0.25, -0.2) is 4.79 Å². The molecule has 0 spiro atoms. The van der Waals surface area contributed by atoms with Crippen LogP contribution in [0.4, 0.5) is 0 Å². The molecule has 0 aliphatic carbocycles. The van der Waals surface area contributed by atoms with Crippen LogP contribution in [-0.2, 0) is 11.2 Å². The molecule has 0 fully saturated rings. The highest BCUT2D eigenvalue weighted by Crippen LogP contribution is 2.21. The van der Waals surface area contributed by atoms with Crippen molar-refractivity contribution in [1.29, 1.82) is 0 Å². The number of ketones is 1. The van der Waals surface area contributed by atoms with E-state index in [0.29, 0.717) is 24.2 Å². The van der Waals surface area contributed by atoms with Gasteiger partial charge in [0, 0.05) is 5.56 Å². The highest BCUT2D eigenvalue weighted by molar-refractivity contribution is 5.99. The first-order chi connectivity index (χ1) is 10.5. The number of benzene rings is 2. The van der Waals surface area contributed by atoms with Gasteiger partial charge in [0.15, 0.2) is 5.78 Å². The molecule has 22 heavy (non-hydrogen) atoms. The fourth-order valence-corrected chi connectivity index (χ4v) is 2.47. The smallest absolute Gasteiger partial charge is 0.338 e. The average Bonchev–Trinajstić information content (AvgIpc) is 2.50. The zero-order chi connectivity index (χ0) is 16.1. The third kappa shape index (κ3) is 3.61. The topological polar surface area (TPSA) is 43.4 Å². The Hall–Kier alpha value is -2.42. The van der Waals surface area contributed by atoms with Gasteiger partial charge < -0.3 is 4.74 Å². The van der Waals surface area contributed by atoms with Crippen molar-refractivity contribution in [2.45, 2.75) is 27.2 Å². The molecule has 0 N–H and O–H groups in total. The molecule has 0 saturated heterocycles. The molecule has 2 aromatic carbocycles. The number of Topliss-reactive ketones (excluding diaryl/α,β-unsaturated/α-hetero) is 1. The molecule has 0 amide bonds. The van der Waals surface area contributed by atoms with E-state index < -0.39 is 0 Å². The highest BCUT2D eigenvalue weighted by atomic mass is 16.5. The van der Waals surface area contributed by atoms with E-state index in [2.05, 4.69) is 0 Å². The van der Waals surface area contributed by atoms with Gasteiger partial charge in [-0.15, -0.1) is 0 Å². The molecule has 0 saturated carbocycles. The predicted molar refractivity (Wildman–Crippen MR) is 86.4 cm³/mol. The number of hydrogen-bond donors (Lipinski definition) is 0. The Balaban J connectivity index is 2.47. The van der Waals surface area contributed by atoms with E-state index in [0.717, 1.165) is 16.7 Å². The van der Waals surface area contributed by atoms with Crippen LogP contribution in [0.15, 0.2) is 42.5 Å². The Morgan fingerprint density at radius 1 is 1.09 bits per heavy atom. The zero-order valence-corrected chi connectivity index (χ0v) is 13.2. The van der Waals surface area contributed by atoms with Crippen molar-refractivity contribution < 1.29 is 14.3 Å². The highest BCUT2D eigenvalue weighted by Gasteiger charge is 2.15. The van der Waals surface area contributed by atoms with E-state index in [1.54, 1.807) is 13.0 Å². The summed E-state index contributed by atoms with van der Waals surface area (Å²) in [4.78, 5) is 23.9. The minimum atomic E-state index is -0.390. The van der Waals surface area contributed by atoms with Crippen molar-refractivity contribution in [2.75, 3.05) is 6.61 Å². The average molecular weight is 296 g/mol. The minimum Gasteiger partial charge on any atom is -0.462 e. The molecule has 0 aromatic heterocycles. The molecule has 0 radical (unpaired) electrons. The molecule has 3 heteroatoms. The zero-order valence-electron chi connectivity index (χ0n) is 13.2. The molecule has 0 bridgehead atoms. The first-order valence-corrected chi connectivity index (χ1v) is 7.38. The second-order valence-electron chi connectivity index (χ2n) is 5.25. The van der Waals surface area contributed by atoms with Gasteiger partial charge >= 0.3 is 5.97 Å². The van der Waals surface area contributed by atoms with E-state index >= 15 is 0 Å². The lowest BCUT2D eigenvalue weighted by Crippen LogP contribution is -2.10. The fourth-order valence-electron chi connectivity index (χ4n) is 2.47. The largest absolute Gasteiger partial charge is 0.462 e. The normalized spacial score (nSPS) is 10.3. The molecule has 0 heterocycles. The summed E-state index contributed by atoms with van der Waals surface area (Å²) in [5, 5.41) is 0. The van der Waals surface area contributed by atoms with Gasteiger partial charge in [-0.1, -0.05) is 30.3 Å². The summed E-state index contributed by atoms with van der Waals surface area (Å²) in [6.45, 7) is 5.52. The van der Waals surface area contributed by atoms with E-state index in [1.807, 2.05) is 43.3 Å². The summed E-state index contributed by atoms with van der Waals surface area (Å²) in [5.74, 6) is -0.433. The summed E-state index contributed by atoms with van der Waals surface area (Å²) in [7, 11) is 0. The van der Waals surface area contributed by atoms with Crippen molar-refractivity contribution in [1.82, 2.24) is 0 Å². The molecule has 2 rings (SSSR count). The van der Waals surface area contributed by atoms with Crippen LogP contribution in [0.1, 0.15) is 51.3 Å². The lowest BCUT2D eigenvalue weighted by atomic mass is 9.92. The predicted octanol–water partition coefficient (Wildman–Crippen LogP) is 3.97. The summed E-state index contributed by atoms with van der Waals surface area (Å²) in [5.41, 5.74) is 4.05. The summed E-state index contributed by atoms with van der Waals surface area (Å²) < 4.78 is 5.06. The van der Waals surface area contributed by atoms with Gasteiger partial charge in [0.2, 0.25) is 0 Å². The van der Waals surface area contributed by atoms with Gasteiger partial charge in [-0.3, -0.25) is 4.79 Å². The number of rotatable bonds is 5. The van der Waals surface area contributed by atoms with E-state index in [-0.39, 0.29) is 11.8 Å². The number of ether oxygens (including phenoxy) is 1. The van der Waals surface area contributed by atoms with Crippen molar-refractivity contribution in [3.63, 3.8) is 0 Å². The van der Waals surface area contributed by atoms with Crippen LogP contribution < -0.4 is 0 Å². The summed E-state index contributed by atoms with van der Waals surface area (Å²) >= 11 is 0. The Bertz CT molecular complexity index is 687. The summed E-state index contributed by atoms with van der Waals surface area (Å²) in [6, 6.07) is 13.4. The van der Waals surface area contributed by atoms with Crippen LogP contribution in [0, 0.1) is 6.92 Å². The van der Waals surface area contributed by atoms with Gasteiger partial charge in [0.1, 0.15) is 0 Å². The molecule has 0 atom stereocenters. The second kappa shape index (κ2) is 7.03. The van der Waals surface area contributed by atoms with Gasteiger partial charge in [-0.2, -0.15) is 0 Å². The van der Waals surface area contributed by atoms with Crippen molar-refractivity contribution in [2.24, 2.45) is 0 Å². The van der Waals surface area contributed by atoms with Crippen molar-refractivity contribution >= 4 is 11.8 Å². The third-order valence-electron chi connectivity index (χ3n) is 3.64. The third-order valence-corrected chi connectivity index (χ3v) is 3.64. The maximum Gasteiger partial charge on any atom is 0.338 e. The maximum absolute atomic E-state index is 12.0. The lowest BCUT2D eigenvalue weighted by molar-refractivity contribution is 0.0526. The minimum absolute atomic E-state index is 0.0436. The van der Waals surface area contributed by atoms with Crippen LogP contribution in [-0.4, -0.2) is 18.4 Å². The quantitative estimate of drug-likeness (QED) is 0.619. The Morgan fingerprint density at radius 2 is 1.77 bits per heavy atom. The van der Waals surface area contributed by atoms with Crippen LogP contribution in [0.3, 0.4) is 0 Å². The molecule has 3 nitrogen and oxygen atoms in total. The molecular formula is C19H20O3. The van der Waals surface area contributed by atoms with Gasteiger partial charge in [0.05, 0.1) is 12.2 Å². The van der Waals surface area contributed by atoms with E-state index in [9.17, 15) is 9.59 Å². The van der Waals surface area contributed by atoms with Gasteiger partial charge in [0.25, 0.3) is 0 Å².